The van der Waals surface area contributed by atoms with Gasteiger partial charge in [0.15, 0.2) is 0 Å². The zero-order valence-corrected chi connectivity index (χ0v) is 7.16. The zero-order valence-electron chi connectivity index (χ0n) is 7.16. The molecule has 0 unspecified atom stereocenters. The van der Waals surface area contributed by atoms with Gasteiger partial charge in [0.2, 0.25) is 0 Å². The lowest BCUT2D eigenvalue weighted by atomic mass is 10.4. The number of nitrogens with two attached hydrogens (primary N) is 1. The Balaban J connectivity index is 1.99. The highest BCUT2D eigenvalue weighted by Crippen LogP contribution is 1.97. The van der Waals surface area contributed by atoms with Gasteiger partial charge in [0.05, 0.1) is 12.8 Å². The standard InChI is InChI=1S/C8H12N2O3/c9-8(11)13-5-3-10-6-7-2-1-4-12-7/h1-2,4,10H,3,5-6H2,(H2,9,11). The van der Waals surface area contributed by atoms with Crippen LogP contribution in [0.5, 0.6) is 0 Å². The van der Waals surface area contributed by atoms with E-state index in [9.17, 15) is 4.79 Å². The molecule has 1 aromatic rings. The van der Waals surface area contributed by atoms with Gasteiger partial charge in [-0.3, -0.25) is 0 Å². The van der Waals surface area contributed by atoms with E-state index in [0.717, 1.165) is 5.76 Å². The summed E-state index contributed by atoms with van der Waals surface area (Å²) in [5, 5.41) is 3.02. The molecule has 0 aliphatic rings. The molecule has 72 valence electrons. The first kappa shape index (κ1) is 9.60. The number of carbonyl (C=O) groups excluding carboxylic acids is 1. The van der Waals surface area contributed by atoms with Crippen LogP contribution in [0.15, 0.2) is 22.8 Å². The normalized spacial score (nSPS) is 9.85. The van der Waals surface area contributed by atoms with Gasteiger partial charge in [0, 0.05) is 6.54 Å². The largest absolute Gasteiger partial charge is 0.468 e. The second-order valence-corrected chi connectivity index (χ2v) is 2.42. The van der Waals surface area contributed by atoms with Crippen LogP contribution in [-0.2, 0) is 11.3 Å². The van der Waals surface area contributed by atoms with E-state index in [2.05, 4.69) is 10.1 Å². The Morgan fingerprint density at radius 3 is 3.15 bits per heavy atom. The zero-order chi connectivity index (χ0) is 9.52. The van der Waals surface area contributed by atoms with E-state index in [4.69, 9.17) is 10.2 Å². The van der Waals surface area contributed by atoms with Crippen molar-refractivity contribution in [1.29, 1.82) is 0 Å². The average molecular weight is 184 g/mol. The second-order valence-electron chi connectivity index (χ2n) is 2.42. The molecule has 0 fully saturated rings. The number of ether oxygens (including phenoxy) is 1. The predicted octanol–water partition coefficient (Wildman–Crippen LogP) is 0.464. The highest BCUT2D eigenvalue weighted by atomic mass is 16.5. The highest BCUT2D eigenvalue weighted by Gasteiger charge is 1.95. The number of amides is 1. The Bertz CT molecular complexity index is 246. The van der Waals surface area contributed by atoms with Crippen molar-refractivity contribution in [1.82, 2.24) is 5.32 Å². The van der Waals surface area contributed by atoms with Gasteiger partial charge in [-0.05, 0) is 12.1 Å². The Hall–Kier alpha value is -1.49. The Morgan fingerprint density at radius 1 is 1.69 bits per heavy atom. The van der Waals surface area contributed by atoms with Crippen molar-refractivity contribution < 1.29 is 13.9 Å². The van der Waals surface area contributed by atoms with Crippen molar-refractivity contribution in [2.75, 3.05) is 13.2 Å². The molecule has 13 heavy (non-hydrogen) atoms. The minimum atomic E-state index is -0.750. The maximum atomic E-state index is 10.1. The lowest BCUT2D eigenvalue weighted by Crippen LogP contribution is -2.23. The molecule has 1 amide bonds. The van der Waals surface area contributed by atoms with Crippen LogP contribution in [0.3, 0.4) is 0 Å². The number of nitrogens with one attached hydrogen (secondary N) is 1. The lowest BCUT2D eigenvalue weighted by molar-refractivity contribution is 0.157. The average Bonchev–Trinajstić information content (AvgIpc) is 2.55. The summed E-state index contributed by atoms with van der Waals surface area (Å²) in [6.07, 6.45) is 0.858. The van der Waals surface area contributed by atoms with Gasteiger partial charge < -0.3 is 20.2 Å². The smallest absolute Gasteiger partial charge is 0.404 e. The van der Waals surface area contributed by atoms with Gasteiger partial charge in [-0.1, -0.05) is 0 Å². The number of furan rings is 1. The van der Waals surface area contributed by atoms with E-state index in [-0.39, 0.29) is 6.61 Å². The number of hydrogen-bond donors (Lipinski definition) is 2. The fraction of sp³-hybridized carbons (Fsp3) is 0.375. The molecular weight excluding hydrogens is 172 g/mol. The van der Waals surface area contributed by atoms with Crippen LogP contribution in [0.2, 0.25) is 0 Å². The fourth-order valence-corrected chi connectivity index (χ4v) is 0.849. The number of rotatable bonds is 5. The summed E-state index contributed by atoms with van der Waals surface area (Å²) in [5.41, 5.74) is 4.76. The van der Waals surface area contributed by atoms with Gasteiger partial charge in [0.1, 0.15) is 12.4 Å². The summed E-state index contributed by atoms with van der Waals surface area (Å²) in [4.78, 5) is 10.1. The summed E-state index contributed by atoms with van der Waals surface area (Å²) < 4.78 is 9.57. The molecule has 5 nitrogen and oxygen atoms in total. The third-order valence-corrected chi connectivity index (χ3v) is 1.40. The molecule has 5 heteroatoms. The lowest BCUT2D eigenvalue weighted by Gasteiger charge is -2.02. The van der Waals surface area contributed by atoms with Crippen molar-refractivity contribution in [2.24, 2.45) is 5.73 Å². The number of hydrogen-bond acceptors (Lipinski definition) is 4. The van der Waals surface area contributed by atoms with Crippen LogP contribution in [-0.4, -0.2) is 19.2 Å². The number of primary amides is 1. The van der Waals surface area contributed by atoms with Crippen LogP contribution >= 0.6 is 0 Å². The van der Waals surface area contributed by atoms with E-state index in [1.54, 1.807) is 6.26 Å². The predicted molar refractivity (Wildman–Crippen MR) is 46.0 cm³/mol. The van der Waals surface area contributed by atoms with Crippen LogP contribution < -0.4 is 11.1 Å². The van der Waals surface area contributed by atoms with Crippen LogP contribution in [0, 0.1) is 0 Å². The van der Waals surface area contributed by atoms with E-state index in [0.29, 0.717) is 13.1 Å². The van der Waals surface area contributed by atoms with E-state index in [1.165, 1.54) is 0 Å². The molecule has 1 aromatic heterocycles. The maximum absolute atomic E-state index is 10.1. The Kier molecular flexibility index (Phi) is 3.84. The molecular formula is C8H12N2O3. The topological polar surface area (TPSA) is 77.5 Å². The van der Waals surface area contributed by atoms with Crippen LogP contribution in [0.1, 0.15) is 5.76 Å². The fourth-order valence-electron chi connectivity index (χ4n) is 0.849. The van der Waals surface area contributed by atoms with Crippen molar-refractivity contribution in [3.63, 3.8) is 0 Å². The minimum Gasteiger partial charge on any atom is -0.468 e. The van der Waals surface area contributed by atoms with Crippen molar-refractivity contribution in [2.45, 2.75) is 6.54 Å². The van der Waals surface area contributed by atoms with Gasteiger partial charge in [0.25, 0.3) is 0 Å². The third kappa shape index (κ3) is 4.17. The van der Waals surface area contributed by atoms with Crippen molar-refractivity contribution >= 4 is 6.09 Å². The molecule has 0 radical (unpaired) electrons. The summed E-state index contributed by atoms with van der Waals surface area (Å²) >= 11 is 0. The summed E-state index contributed by atoms with van der Waals surface area (Å²) in [7, 11) is 0. The SMILES string of the molecule is NC(=O)OCCNCc1ccco1. The molecule has 0 aliphatic carbocycles. The van der Waals surface area contributed by atoms with Gasteiger partial charge in [-0.2, -0.15) is 0 Å². The minimum absolute atomic E-state index is 0.274. The third-order valence-electron chi connectivity index (χ3n) is 1.40. The highest BCUT2D eigenvalue weighted by molar-refractivity contribution is 5.64. The van der Waals surface area contributed by atoms with E-state index in [1.807, 2.05) is 12.1 Å². The first-order chi connectivity index (χ1) is 6.29. The Labute approximate surface area is 75.9 Å². The molecule has 0 spiro atoms. The molecule has 0 aromatic carbocycles. The first-order valence-corrected chi connectivity index (χ1v) is 3.94. The summed E-state index contributed by atoms with van der Waals surface area (Å²) in [6, 6.07) is 3.68. The van der Waals surface area contributed by atoms with E-state index >= 15 is 0 Å². The van der Waals surface area contributed by atoms with Crippen LogP contribution in [0.25, 0.3) is 0 Å². The van der Waals surface area contributed by atoms with Gasteiger partial charge in [-0.15, -0.1) is 0 Å². The molecule has 0 atom stereocenters. The van der Waals surface area contributed by atoms with Gasteiger partial charge >= 0.3 is 6.09 Å². The molecule has 0 saturated carbocycles. The molecule has 0 bridgehead atoms. The number of carbonyl (C=O) groups is 1. The molecule has 0 saturated heterocycles. The first-order valence-electron chi connectivity index (χ1n) is 3.94. The van der Waals surface area contributed by atoms with E-state index < -0.39 is 6.09 Å². The molecule has 0 aliphatic heterocycles. The van der Waals surface area contributed by atoms with Crippen molar-refractivity contribution in [3.8, 4) is 0 Å². The van der Waals surface area contributed by atoms with Crippen LogP contribution in [0.4, 0.5) is 4.79 Å². The summed E-state index contributed by atoms with van der Waals surface area (Å²) in [5.74, 6) is 0.846. The second kappa shape index (κ2) is 5.21. The van der Waals surface area contributed by atoms with Gasteiger partial charge in [-0.25, -0.2) is 4.79 Å². The molecule has 1 rings (SSSR count). The molecule has 1 heterocycles. The van der Waals surface area contributed by atoms with Crippen molar-refractivity contribution in [3.05, 3.63) is 24.2 Å². The maximum Gasteiger partial charge on any atom is 0.404 e. The summed E-state index contributed by atoms with van der Waals surface area (Å²) in [6.45, 7) is 1.45. The Morgan fingerprint density at radius 2 is 2.54 bits per heavy atom. The molecule has 3 N–H and O–H groups in total. The monoisotopic (exact) mass is 184 g/mol. The quantitative estimate of drug-likeness (QED) is 0.652.